The molecule has 2 unspecified atom stereocenters. The molecule has 0 heterocycles. The molecule has 15 heavy (non-hydrogen) atoms. The minimum Gasteiger partial charge on any atom is -0.385 e. The predicted molar refractivity (Wildman–Crippen MR) is 48.4 cm³/mol. The van der Waals surface area contributed by atoms with Crippen LogP contribution in [0.4, 0.5) is 4.39 Å². The lowest BCUT2D eigenvalue weighted by Crippen LogP contribution is -2.16. The second-order valence-electron chi connectivity index (χ2n) is 2.92. The van der Waals surface area contributed by atoms with Gasteiger partial charge in [-0.05, 0) is 17.7 Å². The molecule has 0 saturated carbocycles. The summed E-state index contributed by atoms with van der Waals surface area (Å²) in [5.41, 5.74) is -0.107. The van der Waals surface area contributed by atoms with Crippen LogP contribution >= 0.6 is 0 Å². The lowest BCUT2D eigenvalue weighted by atomic mass is 10.0. The molecule has 1 aromatic rings. The number of rotatable bonds is 3. The highest BCUT2D eigenvalue weighted by molar-refractivity contribution is 5.75. The Labute approximate surface area is 85.2 Å². The topological polar surface area (TPSA) is 81.3 Å². The molecule has 0 amide bonds. The van der Waals surface area contributed by atoms with Crippen LogP contribution in [0.3, 0.4) is 0 Å². The van der Waals surface area contributed by atoms with Crippen LogP contribution in [0, 0.1) is 17.1 Å². The molecule has 0 aliphatic rings. The normalized spacial score (nSPS) is 14.0. The predicted octanol–water partition coefficient (Wildman–Crippen LogP) is 0.556. The van der Waals surface area contributed by atoms with Crippen molar-refractivity contribution in [3.05, 3.63) is 35.1 Å². The van der Waals surface area contributed by atoms with Gasteiger partial charge in [-0.15, -0.1) is 0 Å². The molecule has 0 bridgehead atoms. The minimum atomic E-state index is -1.60. The van der Waals surface area contributed by atoms with Crippen LogP contribution in [0.1, 0.15) is 22.0 Å². The van der Waals surface area contributed by atoms with Crippen LogP contribution in [0.25, 0.3) is 0 Å². The summed E-state index contributed by atoms with van der Waals surface area (Å²) in [6, 6.07) is 4.72. The summed E-state index contributed by atoms with van der Waals surface area (Å²) in [6.07, 6.45) is -2.76. The summed E-state index contributed by atoms with van der Waals surface area (Å²) in [7, 11) is 0. The highest BCUT2D eigenvalue weighted by atomic mass is 19.1. The number of hydrogen-bond donors (Lipinski definition) is 2. The number of aliphatic hydroxyl groups is 2. The van der Waals surface area contributed by atoms with Gasteiger partial charge in [0.25, 0.3) is 0 Å². The van der Waals surface area contributed by atoms with Crippen molar-refractivity contribution < 1.29 is 19.4 Å². The first-order valence-electron chi connectivity index (χ1n) is 4.10. The van der Waals surface area contributed by atoms with Crippen molar-refractivity contribution >= 4 is 6.29 Å². The van der Waals surface area contributed by atoms with Gasteiger partial charge < -0.3 is 10.2 Å². The maximum Gasteiger partial charge on any atom is 0.170 e. The van der Waals surface area contributed by atoms with Crippen molar-refractivity contribution in [2.75, 3.05) is 0 Å². The molecule has 0 aliphatic carbocycles. The van der Waals surface area contributed by atoms with E-state index >= 15 is 0 Å². The van der Waals surface area contributed by atoms with Crippen LogP contribution in [0.15, 0.2) is 18.2 Å². The van der Waals surface area contributed by atoms with Gasteiger partial charge >= 0.3 is 0 Å². The van der Waals surface area contributed by atoms with Crippen LogP contribution in [0.2, 0.25) is 0 Å². The molecule has 0 radical (unpaired) electrons. The van der Waals surface area contributed by atoms with E-state index in [2.05, 4.69) is 0 Å². The molecule has 4 nitrogen and oxygen atoms in total. The molecule has 0 spiro atoms. The first-order valence-corrected chi connectivity index (χ1v) is 4.10. The Bertz CT molecular complexity index is 414. The monoisotopic (exact) mass is 209 g/mol. The summed E-state index contributed by atoms with van der Waals surface area (Å²) in [5, 5.41) is 26.8. The van der Waals surface area contributed by atoms with E-state index in [1.54, 1.807) is 0 Å². The van der Waals surface area contributed by atoms with Crippen molar-refractivity contribution in [2.24, 2.45) is 0 Å². The molecule has 0 saturated heterocycles. The fourth-order valence-electron chi connectivity index (χ4n) is 1.09. The van der Waals surface area contributed by atoms with E-state index in [0.29, 0.717) is 6.29 Å². The quantitative estimate of drug-likeness (QED) is 0.562. The Morgan fingerprint density at radius 3 is 2.67 bits per heavy atom. The van der Waals surface area contributed by atoms with Crippen LogP contribution in [-0.4, -0.2) is 22.6 Å². The van der Waals surface area contributed by atoms with Gasteiger partial charge in [-0.3, -0.25) is 4.79 Å². The Morgan fingerprint density at radius 2 is 2.13 bits per heavy atom. The smallest absolute Gasteiger partial charge is 0.170 e. The Balaban J connectivity index is 3.06. The van der Waals surface area contributed by atoms with Crippen molar-refractivity contribution in [2.45, 2.75) is 12.2 Å². The number of aliphatic hydroxyl groups excluding tert-OH is 2. The third kappa shape index (κ3) is 2.37. The average molecular weight is 209 g/mol. The van der Waals surface area contributed by atoms with E-state index in [9.17, 15) is 14.3 Å². The molecular weight excluding hydrogens is 201 g/mol. The number of carbonyl (C=O) groups is 1. The number of carbonyl (C=O) groups excluding carboxylic acids is 1. The highest BCUT2D eigenvalue weighted by Crippen LogP contribution is 2.18. The summed E-state index contributed by atoms with van der Waals surface area (Å²) in [6.45, 7) is 0. The number of hydrogen-bond acceptors (Lipinski definition) is 4. The SMILES string of the molecule is N#CC(O)C(O)c1ccc(F)c(C=O)c1. The van der Waals surface area contributed by atoms with Gasteiger partial charge in [0.2, 0.25) is 0 Å². The van der Waals surface area contributed by atoms with E-state index in [0.717, 1.165) is 12.1 Å². The number of aldehydes is 1. The molecule has 78 valence electrons. The minimum absolute atomic E-state index is 0.118. The molecule has 1 aromatic carbocycles. The lowest BCUT2D eigenvalue weighted by Gasteiger charge is -2.12. The third-order valence-electron chi connectivity index (χ3n) is 1.92. The van der Waals surface area contributed by atoms with Crippen LogP contribution in [-0.2, 0) is 0 Å². The maximum atomic E-state index is 12.9. The van der Waals surface area contributed by atoms with Gasteiger partial charge in [-0.1, -0.05) is 6.07 Å². The summed E-state index contributed by atoms with van der Waals surface area (Å²) in [5.74, 6) is -0.715. The second-order valence-corrected chi connectivity index (χ2v) is 2.92. The van der Waals surface area contributed by atoms with E-state index in [-0.39, 0.29) is 11.1 Å². The number of benzene rings is 1. The summed E-state index contributed by atoms with van der Waals surface area (Å²) >= 11 is 0. The van der Waals surface area contributed by atoms with Gasteiger partial charge in [0.05, 0.1) is 11.6 Å². The fourth-order valence-corrected chi connectivity index (χ4v) is 1.09. The fraction of sp³-hybridized carbons (Fsp3) is 0.200. The maximum absolute atomic E-state index is 12.9. The molecule has 2 N–H and O–H groups in total. The van der Waals surface area contributed by atoms with E-state index < -0.39 is 18.0 Å². The van der Waals surface area contributed by atoms with Crippen molar-refractivity contribution in [1.82, 2.24) is 0 Å². The van der Waals surface area contributed by atoms with E-state index in [4.69, 9.17) is 10.4 Å². The van der Waals surface area contributed by atoms with E-state index in [1.807, 2.05) is 0 Å². The molecule has 5 heteroatoms. The van der Waals surface area contributed by atoms with Gasteiger partial charge in [-0.2, -0.15) is 5.26 Å². The van der Waals surface area contributed by atoms with Crippen molar-refractivity contribution in [3.63, 3.8) is 0 Å². The number of nitrogens with zero attached hydrogens (tertiary/aromatic N) is 1. The number of nitriles is 1. The summed E-state index contributed by atoms with van der Waals surface area (Å²) in [4.78, 5) is 10.4. The Kier molecular flexibility index (Phi) is 3.50. The van der Waals surface area contributed by atoms with Gasteiger partial charge in [0.15, 0.2) is 12.4 Å². The number of halogens is 1. The van der Waals surface area contributed by atoms with Gasteiger partial charge in [0, 0.05) is 0 Å². The zero-order valence-corrected chi connectivity index (χ0v) is 7.59. The average Bonchev–Trinajstić information content (AvgIpc) is 2.27. The lowest BCUT2D eigenvalue weighted by molar-refractivity contribution is 0.0527. The first kappa shape index (κ1) is 11.3. The molecule has 0 aromatic heterocycles. The van der Waals surface area contributed by atoms with Crippen LogP contribution < -0.4 is 0 Å². The third-order valence-corrected chi connectivity index (χ3v) is 1.92. The standard InChI is InChI=1S/C10H8FNO3/c11-8-2-1-6(3-7(8)5-13)10(15)9(14)4-12/h1-3,5,9-10,14-15H. The molecule has 1 rings (SSSR count). The van der Waals surface area contributed by atoms with E-state index in [1.165, 1.54) is 12.1 Å². The first-order chi connectivity index (χ1) is 7.10. The van der Waals surface area contributed by atoms with Crippen molar-refractivity contribution in [3.8, 4) is 6.07 Å². The summed E-state index contributed by atoms with van der Waals surface area (Å²) < 4.78 is 12.9. The van der Waals surface area contributed by atoms with Gasteiger partial charge in [0.1, 0.15) is 11.9 Å². The molecule has 0 fully saturated rings. The van der Waals surface area contributed by atoms with Crippen molar-refractivity contribution in [1.29, 1.82) is 5.26 Å². The second kappa shape index (κ2) is 4.64. The Hall–Kier alpha value is -1.77. The largest absolute Gasteiger partial charge is 0.385 e. The molecular formula is C10H8FNO3. The van der Waals surface area contributed by atoms with Crippen LogP contribution in [0.5, 0.6) is 0 Å². The van der Waals surface area contributed by atoms with Gasteiger partial charge in [-0.25, -0.2) is 4.39 Å². The Morgan fingerprint density at radius 1 is 1.47 bits per heavy atom. The molecule has 2 atom stereocenters. The zero-order chi connectivity index (χ0) is 11.4. The zero-order valence-electron chi connectivity index (χ0n) is 7.59. The highest BCUT2D eigenvalue weighted by Gasteiger charge is 2.18. The molecule has 0 aliphatic heterocycles.